The maximum atomic E-state index is 13.0. The minimum Gasteiger partial charge on any atom is -0.342 e. The van der Waals surface area contributed by atoms with E-state index in [9.17, 15) is 19.7 Å². The van der Waals surface area contributed by atoms with E-state index in [2.05, 4.69) is 5.32 Å². The molecule has 1 aliphatic rings. The third-order valence-electron chi connectivity index (χ3n) is 5.54. The van der Waals surface area contributed by atoms with Crippen LogP contribution in [0.4, 0.5) is 16.2 Å². The first-order chi connectivity index (χ1) is 16.4. The number of carbonyl (C=O) groups is 2. The molecule has 1 N–H and O–H groups in total. The van der Waals surface area contributed by atoms with E-state index in [0.717, 1.165) is 26.9 Å². The van der Waals surface area contributed by atoms with Crippen molar-refractivity contribution in [2.75, 3.05) is 4.90 Å². The number of urea groups is 1. The molecule has 4 aromatic rings. The van der Waals surface area contributed by atoms with Crippen LogP contribution in [0.25, 0.3) is 17.0 Å². The number of nitro groups is 1. The Morgan fingerprint density at radius 1 is 1.00 bits per heavy atom. The van der Waals surface area contributed by atoms with Gasteiger partial charge in [-0.15, -0.1) is 0 Å². The molecule has 3 aromatic carbocycles. The molecule has 0 unspecified atom stereocenters. The van der Waals surface area contributed by atoms with Crippen LogP contribution in [-0.4, -0.2) is 21.4 Å². The van der Waals surface area contributed by atoms with Crippen LogP contribution in [0, 0.1) is 10.1 Å². The molecule has 0 spiro atoms. The highest BCUT2D eigenvalue weighted by Gasteiger charge is 2.35. The van der Waals surface area contributed by atoms with Crippen LogP contribution in [0.2, 0.25) is 5.02 Å². The molecule has 3 amide bonds. The Labute approximate surface area is 198 Å². The second-order valence-electron chi connectivity index (χ2n) is 7.77. The van der Waals surface area contributed by atoms with Crippen molar-refractivity contribution in [3.05, 3.63) is 111 Å². The van der Waals surface area contributed by atoms with Crippen molar-refractivity contribution in [3.8, 4) is 0 Å². The van der Waals surface area contributed by atoms with Crippen LogP contribution in [-0.2, 0) is 11.3 Å². The number of halogens is 1. The number of nitro benzene ring substituents is 1. The van der Waals surface area contributed by atoms with Crippen LogP contribution < -0.4 is 10.2 Å². The van der Waals surface area contributed by atoms with Crippen LogP contribution in [0.3, 0.4) is 0 Å². The zero-order chi connectivity index (χ0) is 23.8. The van der Waals surface area contributed by atoms with Crippen molar-refractivity contribution in [2.45, 2.75) is 6.54 Å². The van der Waals surface area contributed by atoms with Crippen molar-refractivity contribution in [1.82, 2.24) is 9.88 Å². The average molecular weight is 473 g/mol. The van der Waals surface area contributed by atoms with Gasteiger partial charge in [0.25, 0.3) is 11.6 Å². The van der Waals surface area contributed by atoms with Crippen molar-refractivity contribution in [1.29, 1.82) is 0 Å². The summed E-state index contributed by atoms with van der Waals surface area (Å²) < 4.78 is 1.96. The minimum atomic E-state index is -0.557. The summed E-state index contributed by atoms with van der Waals surface area (Å²) >= 11 is 6.02. The first-order valence-electron chi connectivity index (χ1n) is 10.3. The van der Waals surface area contributed by atoms with E-state index in [4.69, 9.17) is 11.6 Å². The zero-order valence-corrected chi connectivity index (χ0v) is 18.4. The van der Waals surface area contributed by atoms with E-state index in [-0.39, 0.29) is 11.4 Å². The van der Waals surface area contributed by atoms with Gasteiger partial charge in [-0.25, -0.2) is 9.69 Å². The molecular formula is C25H17ClN4O4. The van der Waals surface area contributed by atoms with Crippen molar-refractivity contribution in [2.24, 2.45) is 0 Å². The maximum Gasteiger partial charge on any atom is 0.333 e. The molecule has 0 aliphatic carbocycles. The lowest BCUT2D eigenvalue weighted by Gasteiger charge is -2.11. The van der Waals surface area contributed by atoms with Crippen molar-refractivity contribution >= 4 is 51.9 Å². The highest BCUT2D eigenvalue weighted by Crippen LogP contribution is 2.28. The predicted octanol–water partition coefficient (Wildman–Crippen LogP) is 5.35. The summed E-state index contributed by atoms with van der Waals surface area (Å²) in [5.41, 5.74) is 2.94. The number of hydrogen-bond donors (Lipinski definition) is 1. The lowest BCUT2D eigenvalue weighted by atomic mass is 10.1. The van der Waals surface area contributed by atoms with Crippen molar-refractivity contribution in [3.63, 3.8) is 0 Å². The third kappa shape index (κ3) is 3.91. The highest BCUT2D eigenvalue weighted by atomic mass is 35.5. The van der Waals surface area contributed by atoms with Gasteiger partial charge in [-0.3, -0.25) is 14.9 Å². The van der Waals surface area contributed by atoms with Gasteiger partial charge in [-0.2, -0.15) is 0 Å². The first kappa shape index (κ1) is 21.4. The van der Waals surface area contributed by atoms with Crippen LogP contribution in [0.1, 0.15) is 11.1 Å². The Morgan fingerprint density at radius 3 is 2.59 bits per heavy atom. The summed E-state index contributed by atoms with van der Waals surface area (Å²) in [6.07, 6.45) is 3.50. The molecule has 34 heavy (non-hydrogen) atoms. The second kappa shape index (κ2) is 8.49. The van der Waals surface area contributed by atoms with Gasteiger partial charge in [-0.1, -0.05) is 48.0 Å². The molecule has 0 saturated carbocycles. The number of fused-ring (bicyclic) bond motifs is 1. The van der Waals surface area contributed by atoms with E-state index in [1.807, 2.05) is 41.1 Å². The molecule has 1 aliphatic heterocycles. The molecule has 1 saturated heterocycles. The molecule has 0 radical (unpaired) electrons. The normalized spacial score (nSPS) is 14.7. The zero-order valence-electron chi connectivity index (χ0n) is 17.6. The summed E-state index contributed by atoms with van der Waals surface area (Å²) in [6.45, 7) is 0.403. The second-order valence-corrected chi connectivity index (χ2v) is 8.20. The third-order valence-corrected chi connectivity index (χ3v) is 5.77. The summed E-state index contributed by atoms with van der Waals surface area (Å²) in [5, 5.41) is 15.1. The lowest BCUT2D eigenvalue weighted by Crippen LogP contribution is -2.30. The molecule has 8 nitrogen and oxygen atoms in total. The number of rotatable bonds is 5. The van der Waals surface area contributed by atoms with Crippen LogP contribution >= 0.6 is 11.6 Å². The molecule has 2 heterocycles. The fraction of sp³-hybridized carbons (Fsp3) is 0.0400. The largest absolute Gasteiger partial charge is 0.342 e. The number of imide groups is 1. The molecule has 168 valence electrons. The van der Waals surface area contributed by atoms with Gasteiger partial charge < -0.3 is 9.88 Å². The lowest BCUT2D eigenvalue weighted by molar-refractivity contribution is -0.384. The molecule has 0 bridgehead atoms. The van der Waals surface area contributed by atoms with E-state index in [0.29, 0.717) is 17.3 Å². The Bertz CT molecular complexity index is 1510. The smallest absolute Gasteiger partial charge is 0.333 e. The molecular weight excluding hydrogens is 456 g/mol. The Morgan fingerprint density at radius 2 is 1.79 bits per heavy atom. The van der Waals surface area contributed by atoms with Gasteiger partial charge in [0.15, 0.2) is 0 Å². The summed E-state index contributed by atoms with van der Waals surface area (Å²) in [7, 11) is 0. The molecule has 1 aromatic heterocycles. The van der Waals surface area contributed by atoms with E-state index in [1.165, 1.54) is 12.1 Å². The molecule has 0 atom stereocenters. The Hall–Kier alpha value is -4.43. The highest BCUT2D eigenvalue weighted by molar-refractivity contribution is 6.32. The van der Waals surface area contributed by atoms with Gasteiger partial charge in [0, 0.05) is 46.4 Å². The average Bonchev–Trinajstić information content (AvgIpc) is 3.30. The number of amides is 3. The number of anilines is 1. The topological polar surface area (TPSA) is 97.5 Å². The number of benzene rings is 3. The van der Waals surface area contributed by atoms with Gasteiger partial charge in [0.1, 0.15) is 5.70 Å². The quantitative estimate of drug-likeness (QED) is 0.183. The fourth-order valence-corrected chi connectivity index (χ4v) is 4.21. The summed E-state index contributed by atoms with van der Waals surface area (Å²) in [6, 6.07) is 20.1. The van der Waals surface area contributed by atoms with E-state index < -0.39 is 16.9 Å². The molecule has 9 heteroatoms. The van der Waals surface area contributed by atoms with Gasteiger partial charge >= 0.3 is 6.03 Å². The van der Waals surface area contributed by atoms with E-state index >= 15 is 0 Å². The SMILES string of the molecule is O=C1N/C(=C/c2cn(Cc3cccc([N+](=O)[O-])c3)c3ccccc23)C(=O)N1c1cccc(Cl)c1. The number of hydrogen-bond acceptors (Lipinski definition) is 4. The van der Waals surface area contributed by atoms with E-state index in [1.54, 1.807) is 36.4 Å². The monoisotopic (exact) mass is 472 g/mol. The number of aromatic nitrogens is 1. The maximum absolute atomic E-state index is 13.0. The molecule has 1 fully saturated rings. The fourth-order valence-electron chi connectivity index (χ4n) is 4.03. The van der Waals surface area contributed by atoms with Gasteiger partial charge in [-0.05, 0) is 35.9 Å². The number of nitrogens with one attached hydrogen (secondary N) is 1. The summed E-state index contributed by atoms with van der Waals surface area (Å²) in [5.74, 6) is -0.484. The predicted molar refractivity (Wildman–Crippen MR) is 130 cm³/mol. The first-order valence-corrected chi connectivity index (χ1v) is 10.7. The number of non-ortho nitro benzene ring substituents is 1. The minimum absolute atomic E-state index is 0.0247. The van der Waals surface area contributed by atoms with Crippen molar-refractivity contribution < 1.29 is 14.5 Å². The Balaban J connectivity index is 1.51. The van der Waals surface area contributed by atoms with Crippen LogP contribution in [0.15, 0.2) is 84.7 Å². The molecule has 5 rings (SSSR count). The number of carbonyl (C=O) groups excluding carboxylic acids is 2. The Kier molecular flexibility index (Phi) is 5.35. The van der Waals surface area contributed by atoms with Gasteiger partial charge in [0.05, 0.1) is 10.6 Å². The van der Waals surface area contributed by atoms with Gasteiger partial charge in [0.2, 0.25) is 0 Å². The van der Waals surface area contributed by atoms with Crippen LogP contribution in [0.5, 0.6) is 0 Å². The standard InChI is InChI=1S/C25H17ClN4O4/c26-18-6-4-7-19(13-18)29-24(31)22(27-25(29)32)12-17-15-28(23-10-2-1-9-21(17)23)14-16-5-3-8-20(11-16)30(33)34/h1-13,15H,14H2,(H,27,32)/b22-12+. The number of nitrogens with zero attached hydrogens (tertiary/aromatic N) is 3. The number of para-hydroxylation sites is 1. The summed E-state index contributed by atoms with van der Waals surface area (Å²) in [4.78, 5) is 37.3.